The summed E-state index contributed by atoms with van der Waals surface area (Å²) in [6.07, 6.45) is -4.46. The number of hydrogen-bond acceptors (Lipinski definition) is 3. The third-order valence-corrected chi connectivity index (χ3v) is 3.32. The number of hydrogen-bond donors (Lipinski definition) is 2. The summed E-state index contributed by atoms with van der Waals surface area (Å²) < 4.78 is 42.4. The lowest BCUT2D eigenvalue weighted by atomic mass is 9.88. The van der Waals surface area contributed by atoms with Gasteiger partial charge in [-0.3, -0.25) is 4.79 Å². The summed E-state index contributed by atoms with van der Waals surface area (Å²) in [7, 11) is 1.18. The van der Waals surface area contributed by atoms with Crippen molar-refractivity contribution in [1.82, 2.24) is 10.6 Å². The lowest BCUT2D eigenvalue weighted by Crippen LogP contribution is -2.51. The summed E-state index contributed by atoms with van der Waals surface area (Å²) >= 11 is 0. The number of amides is 2. The Kier molecular flexibility index (Phi) is 4.11. The van der Waals surface area contributed by atoms with Crippen LogP contribution >= 0.6 is 0 Å². The average molecular weight is 314 g/mol. The van der Waals surface area contributed by atoms with Crippen molar-refractivity contribution >= 4 is 12.0 Å². The first kappa shape index (κ1) is 15.9. The number of alkyl halides is 3. The van der Waals surface area contributed by atoms with Crippen molar-refractivity contribution in [2.45, 2.75) is 12.2 Å². The zero-order valence-electron chi connectivity index (χ0n) is 11.5. The fraction of sp³-hybridized carbons (Fsp3) is 0.286. The highest BCUT2D eigenvalue weighted by Gasteiger charge is 2.39. The minimum atomic E-state index is -4.46. The number of rotatable bonds is 2. The van der Waals surface area contributed by atoms with Crippen LogP contribution in [0.2, 0.25) is 0 Å². The van der Waals surface area contributed by atoms with Gasteiger partial charge < -0.3 is 15.4 Å². The lowest BCUT2D eigenvalue weighted by molar-refractivity contribution is -0.145. The summed E-state index contributed by atoms with van der Waals surface area (Å²) in [5, 5.41) is 4.85. The van der Waals surface area contributed by atoms with Crippen molar-refractivity contribution in [3.8, 4) is 0 Å². The first-order valence-electron chi connectivity index (χ1n) is 6.25. The van der Waals surface area contributed by atoms with E-state index >= 15 is 0 Å². The fourth-order valence-corrected chi connectivity index (χ4v) is 2.25. The summed E-state index contributed by atoms with van der Waals surface area (Å²) in [5.74, 6) is -1.58. The fourth-order valence-electron chi connectivity index (χ4n) is 2.25. The minimum Gasteiger partial charge on any atom is -0.468 e. The Labute approximate surface area is 124 Å². The summed E-state index contributed by atoms with van der Waals surface area (Å²) in [6.45, 7) is 3.59. The van der Waals surface area contributed by atoms with Crippen LogP contribution < -0.4 is 10.6 Å². The second kappa shape index (κ2) is 5.70. The number of halogens is 3. The van der Waals surface area contributed by atoms with Gasteiger partial charge in [-0.1, -0.05) is 18.7 Å². The van der Waals surface area contributed by atoms with Crippen LogP contribution in [-0.4, -0.2) is 19.1 Å². The van der Waals surface area contributed by atoms with E-state index in [1.165, 1.54) is 19.2 Å². The van der Waals surface area contributed by atoms with E-state index in [0.717, 1.165) is 12.1 Å². The predicted octanol–water partition coefficient (Wildman–Crippen LogP) is 2.36. The van der Waals surface area contributed by atoms with Gasteiger partial charge in [0, 0.05) is 5.70 Å². The quantitative estimate of drug-likeness (QED) is 0.824. The molecule has 2 atom stereocenters. The SMILES string of the molecule is C=C1NC(=O)N[C@H](c2ccc(C(F)(F)F)cc2)[C@@H]1C(=O)OC. The molecule has 0 aromatic heterocycles. The molecule has 0 radical (unpaired) electrons. The van der Waals surface area contributed by atoms with E-state index < -0.39 is 35.7 Å². The molecule has 0 saturated carbocycles. The van der Waals surface area contributed by atoms with Crippen LogP contribution in [0.1, 0.15) is 17.2 Å². The molecule has 5 nitrogen and oxygen atoms in total. The highest BCUT2D eigenvalue weighted by molar-refractivity contribution is 5.85. The third-order valence-electron chi connectivity index (χ3n) is 3.32. The molecule has 0 bridgehead atoms. The highest BCUT2D eigenvalue weighted by atomic mass is 19.4. The molecule has 1 aromatic rings. The topological polar surface area (TPSA) is 67.4 Å². The van der Waals surface area contributed by atoms with Crippen LogP contribution in [-0.2, 0) is 15.7 Å². The van der Waals surface area contributed by atoms with E-state index in [9.17, 15) is 22.8 Å². The first-order valence-corrected chi connectivity index (χ1v) is 6.25. The number of methoxy groups -OCH3 is 1. The Morgan fingerprint density at radius 3 is 2.36 bits per heavy atom. The van der Waals surface area contributed by atoms with E-state index in [0.29, 0.717) is 5.56 Å². The van der Waals surface area contributed by atoms with Crippen LogP contribution in [0.3, 0.4) is 0 Å². The summed E-state index contributed by atoms with van der Waals surface area (Å²) in [6, 6.07) is 2.76. The molecule has 0 aliphatic carbocycles. The van der Waals surface area contributed by atoms with Gasteiger partial charge >= 0.3 is 18.2 Å². The minimum absolute atomic E-state index is 0.125. The number of carbonyl (C=O) groups excluding carboxylic acids is 2. The third kappa shape index (κ3) is 3.05. The number of urea groups is 1. The Balaban J connectivity index is 2.36. The smallest absolute Gasteiger partial charge is 0.416 e. The molecule has 1 saturated heterocycles. The lowest BCUT2D eigenvalue weighted by Gasteiger charge is -2.33. The van der Waals surface area contributed by atoms with Crippen LogP contribution in [0.25, 0.3) is 0 Å². The molecule has 1 aromatic carbocycles. The first-order chi connectivity index (χ1) is 10.2. The van der Waals surface area contributed by atoms with E-state index in [-0.39, 0.29) is 5.70 Å². The van der Waals surface area contributed by atoms with Crippen molar-refractivity contribution in [3.63, 3.8) is 0 Å². The number of benzene rings is 1. The Morgan fingerprint density at radius 2 is 1.86 bits per heavy atom. The number of esters is 1. The standard InChI is InChI=1S/C14H13F3N2O3/c1-7-10(12(20)22-2)11(19-13(21)18-7)8-3-5-9(6-4-8)14(15,16)17/h3-6,10-11H,1H2,2H3,(H2,18,19,21)/t10-,11-/m1/s1. The van der Waals surface area contributed by atoms with Gasteiger partial charge in [0.05, 0.1) is 18.7 Å². The maximum absolute atomic E-state index is 12.6. The highest BCUT2D eigenvalue weighted by Crippen LogP contribution is 2.33. The Hall–Kier alpha value is -2.51. The molecule has 0 spiro atoms. The van der Waals surface area contributed by atoms with Crippen molar-refractivity contribution in [3.05, 3.63) is 47.7 Å². The molecule has 2 N–H and O–H groups in total. The normalized spacial score (nSPS) is 21.8. The van der Waals surface area contributed by atoms with E-state index in [1.807, 2.05) is 0 Å². The van der Waals surface area contributed by atoms with Gasteiger partial charge in [0.15, 0.2) is 0 Å². The second-order valence-corrected chi connectivity index (χ2v) is 4.72. The van der Waals surface area contributed by atoms with Crippen LogP contribution in [0.4, 0.5) is 18.0 Å². The van der Waals surface area contributed by atoms with E-state index in [2.05, 4.69) is 21.9 Å². The molecule has 2 rings (SSSR count). The Morgan fingerprint density at radius 1 is 1.27 bits per heavy atom. The predicted molar refractivity (Wildman–Crippen MR) is 70.5 cm³/mol. The van der Waals surface area contributed by atoms with Gasteiger partial charge in [-0.25, -0.2) is 4.79 Å². The van der Waals surface area contributed by atoms with Crippen LogP contribution in [0.5, 0.6) is 0 Å². The molecule has 1 aliphatic heterocycles. The van der Waals surface area contributed by atoms with E-state index in [4.69, 9.17) is 0 Å². The van der Waals surface area contributed by atoms with Crippen molar-refractivity contribution in [2.24, 2.45) is 5.92 Å². The maximum Gasteiger partial charge on any atom is 0.416 e. The molecular formula is C14H13F3N2O3. The number of ether oxygens (including phenoxy) is 1. The van der Waals surface area contributed by atoms with Gasteiger partial charge in [-0.15, -0.1) is 0 Å². The zero-order valence-corrected chi connectivity index (χ0v) is 11.5. The van der Waals surface area contributed by atoms with Gasteiger partial charge in [0.25, 0.3) is 0 Å². The molecule has 118 valence electrons. The monoisotopic (exact) mass is 314 g/mol. The van der Waals surface area contributed by atoms with Gasteiger partial charge in [-0.05, 0) is 17.7 Å². The zero-order chi connectivity index (χ0) is 16.5. The van der Waals surface area contributed by atoms with Crippen molar-refractivity contribution in [2.75, 3.05) is 7.11 Å². The summed E-state index contributed by atoms with van der Waals surface area (Å²) in [5.41, 5.74) is -0.343. The number of nitrogens with one attached hydrogen (secondary N) is 2. The second-order valence-electron chi connectivity index (χ2n) is 4.72. The molecule has 1 fully saturated rings. The summed E-state index contributed by atoms with van der Waals surface area (Å²) in [4.78, 5) is 23.4. The largest absolute Gasteiger partial charge is 0.468 e. The van der Waals surface area contributed by atoms with Gasteiger partial charge in [0.2, 0.25) is 0 Å². The molecule has 1 heterocycles. The van der Waals surface area contributed by atoms with E-state index in [1.54, 1.807) is 0 Å². The van der Waals surface area contributed by atoms with Gasteiger partial charge in [0.1, 0.15) is 5.92 Å². The molecular weight excluding hydrogens is 301 g/mol. The molecule has 8 heteroatoms. The van der Waals surface area contributed by atoms with Crippen molar-refractivity contribution < 1.29 is 27.5 Å². The molecule has 2 amide bonds. The average Bonchev–Trinajstić information content (AvgIpc) is 2.45. The number of carbonyl (C=O) groups is 2. The van der Waals surface area contributed by atoms with Gasteiger partial charge in [-0.2, -0.15) is 13.2 Å². The van der Waals surface area contributed by atoms with Crippen LogP contribution in [0, 0.1) is 5.92 Å². The molecule has 1 aliphatic rings. The van der Waals surface area contributed by atoms with Crippen molar-refractivity contribution in [1.29, 1.82) is 0 Å². The molecule has 22 heavy (non-hydrogen) atoms. The maximum atomic E-state index is 12.6. The van der Waals surface area contributed by atoms with Crippen LogP contribution in [0.15, 0.2) is 36.5 Å². The Bertz CT molecular complexity index is 611. The molecule has 0 unspecified atom stereocenters.